The van der Waals surface area contributed by atoms with Gasteiger partial charge in [0.2, 0.25) is 0 Å². The summed E-state index contributed by atoms with van der Waals surface area (Å²) in [5.41, 5.74) is 3.48. The molecular weight excluding hydrogens is 368 g/mol. The number of nitrogens with zero attached hydrogens (tertiary/aromatic N) is 4. The van der Waals surface area contributed by atoms with Crippen LogP contribution in [0, 0.1) is 5.92 Å². The third kappa shape index (κ3) is 2.70. The van der Waals surface area contributed by atoms with Crippen molar-refractivity contribution >= 4 is 18.1 Å². The minimum atomic E-state index is -0.164. The number of fused-ring (bicyclic) bond motifs is 3. The first-order valence-corrected chi connectivity index (χ1v) is 10.7. The lowest BCUT2D eigenvalue weighted by atomic mass is 9.67. The molecule has 0 fully saturated rings. The van der Waals surface area contributed by atoms with E-state index in [1.54, 1.807) is 0 Å². The normalized spacial score (nSPS) is 25.3. The predicted molar refractivity (Wildman–Crippen MR) is 128 cm³/mol. The summed E-state index contributed by atoms with van der Waals surface area (Å²) in [6.45, 7) is 17.3. The maximum Gasteiger partial charge on any atom is 0.175 e. The van der Waals surface area contributed by atoms with Crippen molar-refractivity contribution in [3.8, 4) is 0 Å². The van der Waals surface area contributed by atoms with Crippen LogP contribution in [0.2, 0.25) is 0 Å². The summed E-state index contributed by atoms with van der Waals surface area (Å²) in [4.78, 5) is 11.7. The van der Waals surface area contributed by atoms with Crippen LogP contribution in [0.4, 0.5) is 11.4 Å². The average Bonchev–Trinajstić information content (AvgIpc) is 3.12. The van der Waals surface area contributed by atoms with Crippen molar-refractivity contribution < 1.29 is 0 Å². The molecule has 2 aromatic rings. The van der Waals surface area contributed by atoms with E-state index in [-0.39, 0.29) is 17.5 Å². The highest BCUT2D eigenvalue weighted by atomic mass is 15.5. The molecule has 0 bridgehead atoms. The minimum absolute atomic E-state index is 0.0713. The number of hydrogen-bond acceptors (Lipinski definition) is 4. The van der Waals surface area contributed by atoms with E-state index in [0.717, 1.165) is 17.3 Å². The SMILES string of the molecule is C=CC1(C)c2ccccc2N2C(N(C)C(C)C)=C(N=C)N(c3ccccc3)C2C1C. The van der Waals surface area contributed by atoms with Crippen molar-refractivity contribution in [2.45, 2.75) is 45.3 Å². The summed E-state index contributed by atoms with van der Waals surface area (Å²) in [7, 11) is 2.14. The Labute approximate surface area is 180 Å². The fourth-order valence-corrected chi connectivity index (χ4v) is 4.86. The van der Waals surface area contributed by atoms with Crippen molar-refractivity contribution in [2.24, 2.45) is 10.9 Å². The van der Waals surface area contributed by atoms with Crippen LogP contribution in [0.1, 0.15) is 33.3 Å². The van der Waals surface area contributed by atoms with E-state index in [4.69, 9.17) is 0 Å². The molecule has 4 nitrogen and oxygen atoms in total. The summed E-state index contributed by atoms with van der Waals surface area (Å²) in [5, 5.41) is 0. The lowest BCUT2D eigenvalue weighted by Gasteiger charge is -2.51. The first kappa shape index (κ1) is 20.3. The lowest BCUT2D eigenvalue weighted by Crippen LogP contribution is -2.56. The zero-order valence-corrected chi connectivity index (χ0v) is 18.7. The highest BCUT2D eigenvalue weighted by molar-refractivity contribution is 5.73. The van der Waals surface area contributed by atoms with Crippen LogP contribution in [-0.4, -0.2) is 30.9 Å². The van der Waals surface area contributed by atoms with E-state index in [1.165, 1.54) is 11.3 Å². The quantitative estimate of drug-likeness (QED) is 0.482. The third-order valence-corrected chi connectivity index (χ3v) is 7.04. The smallest absolute Gasteiger partial charge is 0.175 e. The summed E-state index contributed by atoms with van der Waals surface area (Å²) < 4.78 is 0. The van der Waals surface area contributed by atoms with Crippen LogP contribution >= 0.6 is 0 Å². The molecule has 3 atom stereocenters. The van der Waals surface area contributed by atoms with Crippen molar-refractivity contribution in [3.63, 3.8) is 0 Å². The van der Waals surface area contributed by atoms with Gasteiger partial charge in [-0.15, -0.1) is 6.58 Å². The van der Waals surface area contributed by atoms with Gasteiger partial charge in [0, 0.05) is 35.8 Å². The number of anilines is 2. The fraction of sp³-hybridized carbons (Fsp3) is 0.346. The molecule has 0 N–H and O–H groups in total. The van der Waals surface area contributed by atoms with Crippen molar-refractivity contribution in [3.05, 3.63) is 84.5 Å². The Morgan fingerprint density at radius 1 is 1.07 bits per heavy atom. The molecule has 0 aliphatic carbocycles. The molecule has 0 saturated carbocycles. The number of benzene rings is 2. The second kappa shape index (κ2) is 7.35. The summed E-state index contributed by atoms with van der Waals surface area (Å²) in [6.07, 6.45) is 2.18. The summed E-state index contributed by atoms with van der Waals surface area (Å²) in [6, 6.07) is 19.6. The van der Waals surface area contributed by atoms with Crippen LogP contribution < -0.4 is 9.80 Å². The molecule has 30 heavy (non-hydrogen) atoms. The van der Waals surface area contributed by atoms with Gasteiger partial charge in [0.05, 0.1) is 0 Å². The van der Waals surface area contributed by atoms with Crippen molar-refractivity contribution in [1.29, 1.82) is 0 Å². The number of aliphatic imine (C=N–C) groups is 1. The van der Waals surface area contributed by atoms with Crippen LogP contribution in [0.5, 0.6) is 0 Å². The highest BCUT2D eigenvalue weighted by Gasteiger charge is 2.53. The van der Waals surface area contributed by atoms with Gasteiger partial charge in [-0.25, -0.2) is 4.99 Å². The largest absolute Gasteiger partial charge is 0.355 e. The van der Waals surface area contributed by atoms with E-state index in [0.29, 0.717) is 6.04 Å². The average molecular weight is 401 g/mol. The molecule has 156 valence electrons. The second-order valence-corrected chi connectivity index (χ2v) is 8.79. The fourth-order valence-electron chi connectivity index (χ4n) is 4.86. The van der Waals surface area contributed by atoms with Gasteiger partial charge in [-0.05, 0) is 44.3 Å². The molecular formula is C26H32N4. The topological polar surface area (TPSA) is 22.1 Å². The molecule has 4 heteroatoms. The van der Waals surface area contributed by atoms with Crippen LogP contribution in [0.15, 0.2) is 83.9 Å². The van der Waals surface area contributed by atoms with E-state index in [2.05, 4.69) is 128 Å². The number of para-hydroxylation sites is 2. The molecule has 2 aromatic carbocycles. The maximum atomic E-state index is 4.58. The molecule has 2 heterocycles. The Kier molecular flexibility index (Phi) is 4.97. The lowest BCUT2D eigenvalue weighted by molar-refractivity contribution is 0.282. The van der Waals surface area contributed by atoms with Crippen molar-refractivity contribution in [2.75, 3.05) is 16.8 Å². The standard InChI is InChI=1S/C26H32N4/c1-8-26(5)19(4)24-29(20-14-10-9-11-15-20)23(27-6)25(28(7)18(2)3)30(24)22-17-13-12-16-21(22)26/h8-19,24H,1,6H2,2-5,7H3. The zero-order valence-electron chi connectivity index (χ0n) is 18.7. The second-order valence-electron chi connectivity index (χ2n) is 8.79. The van der Waals surface area contributed by atoms with Gasteiger partial charge < -0.3 is 14.7 Å². The highest BCUT2D eigenvalue weighted by Crippen LogP contribution is 2.53. The molecule has 0 aromatic heterocycles. The van der Waals surface area contributed by atoms with Gasteiger partial charge in [-0.3, -0.25) is 0 Å². The molecule has 3 unspecified atom stereocenters. The van der Waals surface area contributed by atoms with Crippen molar-refractivity contribution in [1.82, 2.24) is 4.90 Å². The van der Waals surface area contributed by atoms with Gasteiger partial charge in [0.15, 0.2) is 11.6 Å². The Morgan fingerprint density at radius 2 is 1.70 bits per heavy atom. The number of allylic oxidation sites excluding steroid dienone is 1. The van der Waals surface area contributed by atoms with Gasteiger partial charge in [0.1, 0.15) is 6.17 Å². The molecule has 0 saturated heterocycles. The van der Waals surface area contributed by atoms with E-state index in [9.17, 15) is 0 Å². The molecule has 0 radical (unpaired) electrons. The Hall–Kier alpha value is -3.01. The summed E-state index contributed by atoms with van der Waals surface area (Å²) in [5.74, 6) is 2.26. The zero-order chi connectivity index (χ0) is 21.6. The van der Waals surface area contributed by atoms with Gasteiger partial charge in [0.25, 0.3) is 0 Å². The third-order valence-electron chi connectivity index (χ3n) is 7.04. The molecule has 0 amide bonds. The first-order chi connectivity index (χ1) is 14.4. The molecule has 2 aliphatic heterocycles. The van der Waals surface area contributed by atoms with E-state index in [1.807, 2.05) is 0 Å². The Balaban J connectivity index is 2.04. The number of hydrogen-bond donors (Lipinski definition) is 0. The molecule has 4 rings (SSSR count). The van der Waals surface area contributed by atoms with E-state index < -0.39 is 0 Å². The Morgan fingerprint density at radius 3 is 2.30 bits per heavy atom. The van der Waals surface area contributed by atoms with E-state index >= 15 is 0 Å². The summed E-state index contributed by atoms with van der Waals surface area (Å²) >= 11 is 0. The maximum absolute atomic E-state index is 4.58. The minimum Gasteiger partial charge on any atom is -0.355 e. The molecule has 2 aliphatic rings. The van der Waals surface area contributed by atoms with Gasteiger partial charge >= 0.3 is 0 Å². The predicted octanol–water partition coefficient (Wildman–Crippen LogP) is 5.60. The van der Waals surface area contributed by atoms with Crippen LogP contribution in [-0.2, 0) is 5.41 Å². The van der Waals surface area contributed by atoms with Crippen LogP contribution in [0.3, 0.4) is 0 Å². The Bertz CT molecular complexity index is 993. The van der Waals surface area contributed by atoms with Gasteiger partial charge in [-0.2, -0.15) is 0 Å². The van der Waals surface area contributed by atoms with Gasteiger partial charge in [-0.1, -0.05) is 56.3 Å². The first-order valence-electron chi connectivity index (χ1n) is 10.7. The monoisotopic (exact) mass is 400 g/mol. The number of rotatable bonds is 5. The molecule has 0 spiro atoms. The van der Waals surface area contributed by atoms with Crippen LogP contribution in [0.25, 0.3) is 0 Å².